The van der Waals surface area contributed by atoms with E-state index in [9.17, 15) is 0 Å². The first-order chi connectivity index (χ1) is 6.71. The van der Waals surface area contributed by atoms with Gasteiger partial charge < -0.3 is 10.2 Å². The zero-order chi connectivity index (χ0) is 10.4. The van der Waals surface area contributed by atoms with Gasteiger partial charge in [-0.1, -0.05) is 12.8 Å². The summed E-state index contributed by atoms with van der Waals surface area (Å²) >= 11 is 0. The number of terminal acetylenes is 1. The normalized spacial score (nSPS) is 19.9. The number of likely N-dealkylation sites (N-methyl/N-ethyl adjacent to an activating group) is 1. The third-order valence-electron chi connectivity index (χ3n) is 3.38. The molecule has 2 nitrogen and oxygen atoms in total. The summed E-state index contributed by atoms with van der Waals surface area (Å²) in [5.74, 6) is 2.66. The number of hydrogen-bond donors (Lipinski definition) is 1. The molecule has 1 rings (SSSR count). The highest BCUT2D eigenvalue weighted by molar-refractivity contribution is 4.95. The lowest BCUT2D eigenvalue weighted by molar-refractivity contribution is 0.154. The third kappa shape index (κ3) is 2.73. The smallest absolute Gasteiger partial charge is 0.0327 e. The lowest BCUT2D eigenvalue weighted by Crippen LogP contribution is -2.49. The largest absolute Gasteiger partial charge is 0.314 e. The molecule has 0 radical (unpaired) electrons. The van der Waals surface area contributed by atoms with Crippen LogP contribution in [0.2, 0.25) is 0 Å². The van der Waals surface area contributed by atoms with Crippen molar-refractivity contribution in [3.63, 3.8) is 0 Å². The van der Waals surface area contributed by atoms with Gasteiger partial charge in [0, 0.05) is 25.0 Å². The molecule has 0 atom stereocenters. The molecule has 1 saturated carbocycles. The van der Waals surface area contributed by atoms with Crippen molar-refractivity contribution in [2.45, 2.75) is 37.6 Å². The van der Waals surface area contributed by atoms with Crippen LogP contribution in [0, 0.1) is 12.3 Å². The maximum absolute atomic E-state index is 5.22. The van der Waals surface area contributed by atoms with Crippen molar-refractivity contribution in [3.05, 3.63) is 0 Å². The fourth-order valence-electron chi connectivity index (χ4n) is 2.30. The molecule has 80 valence electrons. The summed E-state index contributed by atoms with van der Waals surface area (Å²) in [4.78, 5) is 2.38. The van der Waals surface area contributed by atoms with E-state index < -0.39 is 0 Å². The van der Waals surface area contributed by atoms with Crippen LogP contribution >= 0.6 is 0 Å². The van der Waals surface area contributed by atoms with Crippen molar-refractivity contribution in [1.29, 1.82) is 0 Å². The van der Waals surface area contributed by atoms with Crippen LogP contribution in [0.3, 0.4) is 0 Å². The van der Waals surface area contributed by atoms with E-state index in [2.05, 4.69) is 30.2 Å². The summed E-state index contributed by atoms with van der Waals surface area (Å²) in [7, 11) is 4.38. The molecule has 14 heavy (non-hydrogen) atoms. The Balaban J connectivity index is 2.33. The van der Waals surface area contributed by atoms with E-state index in [0.29, 0.717) is 5.54 Å². The van der Waals surface area contributed by atoms with Crippen molar-refractivity contribution in [1.82, 2.24) is 10.2 Å². The van der Waals surface area contributed by atoms with Gasteiger partial charge in [0.2, 0.25) is 0 Å². The van der Waals surface area contributed by atoms with E-state index in [4.69, 9.17) is 6.42 Å². The zero-order valence-corrected chi connectivity index (χ0v) is 9.47. The van der Waals surface area contributed by atoms with Crippen LogP contribution in [0.4, 0.5) is 0 Å². The maximum atomic E-state index is 5.22. The fraction of sp³-hybridized carbons (Fsp3) is 0.833. The molecule has 0 aromatic heterocycles. The molecule has 0 unspecified atom stereocenters. The fourth-order valence-corrected chi connectivity index (χ4v) is 2.30. The standard InChI is InChI=1S/C12H22N2/c1-4-5-10-13-11-12(14(2)3)8-6-7-9-12/h1,13H,5-11H2,2-3H3. The lowest BCUT2D eigenvalue weighted by Gasteiger charge is -2.36. The van der Waals surface area contributed by atoms with Gasteiger partial charge in [-0.25, -0.2) is 0 Å². The quantitative estimate of drug-likeness (QED) is 0.527. The molecule has 0 saturated heterocycles. The van der Waals surface area contributed by atoms with Crippen molar-refractivity contribution in [2.75, 3.05) is 27.2 Å². The Morgan fingerprint density at radius 3 is 2.50 bits per heavy atom. The Kier molecular flexibility index (Phi) is 4.44. The van der Waals surface area contributed by atoms with E-state index in [-0.39, 0.29) is 0 Å². The first-order valence-electron chi connectivity index (χ1n) is 5.53. The average molecular weight is 194 g/mol. The summed E-state index contributed by atoms with van der Waals surface area (Å²) in [5, 5.41) is 3.47. The highest BCUT2D eigenvalue weighted by Gasteiger charge is 2.35. The summed E-state index contributed by atoms with van der Waals surface area (Å²) in [6, 6.07) is 0. The van der Waals surface area contributed by atoms with E-state index in [1.165, 1.54) is 25.7 Å². The number of nitrogens with zero attached hydrogens (tertiary/aromatic N) is 1. The monoisotopic (exact) mass is 194 g/mol. The van der Waals surface area contributed by atoms with Gasteiger partial charge >= 0.3 is 0 Å². The van der Waals surface area contributed by atoms with Crippen LogP contribution in [0.1, 0.15) is 32.1 Å². The van der Waals surface area contributed by atoms with Gasteiger partial charge in [0.15, 0.2) is 0 Å². The summed E-state index contributed by atoms with van der Waals surface area (Å²) in [5.41, 5.74) is 0.397. The molecule has 0 spiro atoms. The van der Waals surface area contributed by atoms with Crippen LogP contribution < -0.4 is 5.32 Å². The molecule has 0 bridgehead atoms. The molecule has 1 N–H and O–H groups in total. The van der Waals surface area contributed by atoms with Crippen molar-refractivity contribution >= 4 is 0 Å². The van der Waals surface area contributed by atoms with Gasteiger partial charge in [-0.15, -0.1) is 12.3 Å². The van der Waals surface area contributed by atoms with Crippen molar-refractivity contribution < 1.29 is 0 Å². The minimum absolute atomic E-state index is 0.397. The molecule has 1 aliphatic carbocycles. The van der Waals surface area contributed by atoms with Gasteiger partial charge in [-0.2, -0.15) is 0 Å². The number of hydrogen-bond acceptors (Lipinski definition) is 2. The molecule has 0 heterocycles. The second-order valence-corrected chi connectivity index (χ2v) is 4.46. The molecule has 0 aromatic carbocycles. The molecule has 0 amide bonds. The summed E-state index contributed by atoms with van der Waals surface area (Å²) < 4.78 is 0. The topological polar surface area (TPSA) is 15.3 Å². The Morgan fingerprint density at radius 1 is 1.36 bits per heavy atom. The Bertz CT molecular complexity index is 197. The Labute approximate surface area is 88.1 Å². The van der Waals surface area contributed by atoms with Crippen LogP contribution in [0.5, 0.6) is 0 Å². The third-order valence-corrected chi connectivity index (χ3v) is 3.38. The lowest BCUT2D eigenvalue weighted by atomic mass is 9.96. The highest BCUT2D eigenvalue weighted by atomic mass is 15.2. The SMILES string of the molecule is C#CCCNCC1(N(C)C)CCCC1. The van der Waals surface area contributed by atoms with E-state index in [0.717, 1.165) is 19.5 Å². The van der Waals surface area contributed by atoms with Gasteiger partial charge in [0.05, 0.1) is 0 Å². The second-order valence-electron chi connectivity index (χ2n) is 4.46. The maximum Gasteiger partial charge on any atom is 0.0327 e. The van der Waals surface area contributed by atoms with Gasteiger partial charge in [-0.3, -0.25) is 0 Å². The summed E-state index contributed by atoms with van der Waals surface area (Å²) in [6.07, 6.45) is 11.4. The second kappa shape index (κ2) is 5.38. The van der Waals surface area contributed by atoms with Crippen LogP contribution in [-0.2, 0) is 0 Å². The van der Waals surface area contributed by atoms with Gasteiger partial charge in [0.25, 0.3) is 0 Å². The molecular formula is C12H22N2. The molecular weight excluding hydrogens is 172 g/mol. The van der Waals surface area contributed by atoms with Crippen LogP contribution in [-0.4, -0.2) is 37.6 Å². The van der Waals surface area contributed by atoms with E-state index >= 15 is 0 Å². The van der Waals surface area contributed by atoms with Crippen molar-refractivity contribution in [2.24, 2.45) is 0 Å². The predicted octanol–water partition coefficient (Wildman–Crippen LogP) is 1.47. The zero-order valence-electron chi connectivity index (χ0n) is 9.47. The minimum atomic E-state index is 0.397. The summed E-state index contributed by atoms with van der Waals surface area (Å²) in [6.45, 7) is 2.04. The molecule has 2 heteroatoms. The van der Waals surface area contributed by atoms with E-state index in [1.807, 2.05) is 0 Å². The minimum Gasteiger partial charge on any atom is -0.314 e. The molecule has 0 aromatic rings. The number of nitrogens with one attached hydrogen (secondary N) is 1. The predicted molar refractivity (Wildman–Crippen MR) is 61.2 cm³/mol. The van der Waals surface area contributed by atoms with Crippen molar-refractivity contribution in [3.8, 4) is 12.3 Å². The van der Waals surface area contributed by atoms with E-state index in [1.54, 1.807) is 0 Å². The Hall–Kier alpha value is -0.520. The first-order valence-corrected chi connectivity index (χ1v) is 5.53. The molecule has 1 aliphatic rings. The average Bonchev–Trinajstić information content (AvgIpc) is 2.62. The van der Waals surface area contributed by atoms with Gasteiger partial charge in [0.1, 0.15) is 0 Å². The molecule has 1 fully saturated rings. The number of rotatable bonds is 5. The Morgan fingerprint density at radius 2 is 2.00 bits per heavy atom. The van der Waals surface area contributed by atoms with Crippen LogP contribution in [0.15, 0.2) is 0 Å². The van der Waals surface area contributed by atoms with Crippen LogP contribution in [0.25, 0.3) is 0 Å². The first kappa shape index (κ1) is 11.6. The highest BCUT2D eigenvalue weighted by Crippen LogP contribution is 2.32. The molecule has 0 aliphatic heterocycles. The van der Waals surface area contributed by atoms with Gasteiger partial charge in [-0.05, 0) is 26.9 Å².